The van der Waals surface area contributed by atoms with Gasteiger partial charge in [0.05, 0.1) is 26.7 Å². The Morgan fingerprint density at radius 1 is 0.867 bits per heavy atom. The number of amides is 2. The van der Waals surface area contributed by atoms with Gasteiger partial charge in [0.15, 0.2) is 0 Å². The van der Waals surface area contributed by atoms with E-state index in [4.69, 9.17) is 28.9 Å². The van der Waals surface area contributed by atoms with Crippen LogP contribution < -0.4 is 15.8 Å². The zero-order valence-corrected chi connectivity index (χ0v) is 17.6. The van der Waals surface area contributed by atoms with Crippen LogP contribution in [0.4, 0.5) is 11.4 Å². The Morgan fingerprint density at radius 3 is 2.20 bits per heavy atom. The molecule has 0 bridgehead atoms. The van der Waals surface area contributed by atoms with Gasteiger partial charge >= 0.3 is 0 Å². The third-order valence-corrected chi connectivity index (χ3v) is 5.98. The second-order valence-corrected chi connectivity index (χ2v) is 8.64. The molecule has 3 rings (SSSR count). The lowest BCUT2D eigenvalue weighted by atomic mass is 10.1. The number of nitrogens with one attached hydrogen (secondary N) is 2. The molecule has 7 nitrogen and oxygen atoms in total. The van der Waals surface area contributed by atoms with Crippen LogP contribution in [0.25, 0.3) is 0 Å². The van der Waals surface area contributed by atoms with Crippen molar-refractivity contribution in [3.05, 3.63) is 87.9 Å². The van der Waals surface area contributed by atoms with Crippen molar-refractivity contribution in [2.45, 2.75) is 4.90 Å². The highest BCUT2D eigenvalue weighted by molar-refractivity contribution is 7.92. The van der Waals surface area contributed by atoms with Crippen molar-refractivity contribution in [1.82, 2.24) is 0 Å². The Hall–Kier alpha value is -3.07. The number of halogens is 2. The molecule has 0 aromatic heterocycles. The lowest BCUT2D eigenvalue weighted by molar-refractivity contribution is 0.0997. The summed E-state index contributed by atoms with van der Waals surface area (Å²) >= 11 is 11.7. The van der Waals surface area contributed by atoms with Gasteiger partial charge in [-0.1, -0.05) is 35.3 Å². The number of primary amides is 1. The number of nitrogens with two attached hydrogens (primary N) is 1. The van der Waals surface area contributed by atoms with E-state index in [0.29, 0.717) is 10.7 Å². The molecule has 0 aliphatic rings. The number of para-hydroxylation sites is 1. The topological polar surface area (TPSA) is 118 Å². The molecule has 0 atom stereocenters. The van der Waals surface area contributed by atoms with Crippen LogP contribution in [0.5, 0.6) is 0 Å². The molecule has 0 radical (unpaired) electrons. The quantitative estimate of drug-likeness (QED) is 0.508. The lowest BCUT2D eigenvalue weighted by Gasteiger charge is -2.13. The minimum atomic E-state index is -4.13. The molecule has 3 aromatic carbocycles. The maximum absolute atomic E-state index is 12.8. The number of hydrogen-bond acceptors (Lipinski definition) is 4. The van der Waals surface area contributed by atoms with Crippen LogP contribution in [-0.4, -0.2) is 20.2 Å². The van der Waals surface area contributed by atoms with E-state index >= 15 is 0 Å². The van der Waals surface area contributed by atoms with Gasteiger partial charge in [-0.05, 0) is 54.6 Å². The fraction of sp³-hybridized carbons (Fsp3) is 0. The van der Waals surface area contributed by atoms with Crippen molar-refractivity contribution in [3.8, 4) is 0 Å². The molecule has 0 heterocycles. The van der Waals surface area contributed by atoms with Crippen LogP contribution in [0.15, 0.2) is 71.6 Å². The van der Waals surface area contributed by atoms with E-state index in [-0.39, 0.29) is 26.7 Å². The van der Waals surface area contributed by atoms with Gasteiger partial charge in [0.1, 0.15) is 0 Å². The zero-order valence-electron chi connectivity index (χ0n) is 15.2. The highest BCUT2D eigenvalue weighted by atomic mass is 35.5. The van der Waals surface area contributed by atoms with Crippen molar-refractivity contribution in [2.75, 3.05) is 10.0 Å². The van der Waals surface area contributed by atoms with Gasteiger partial charge in [-0.25, -0.2) is 8.42 Å². The summed E-state index contributed by atoms with van der Waals surface area (Å²) in [5.41, 5.74) is 5.74. The Kier molecular flexibility index (Phi) is 6.31. The Morgan fingerprint density at radius 2 is 1.53 bits per heavy atom. The Labute approximate surface area is 182 Å². The van der Waals surface area contributed by atoms with Crippen LogP contribution in [-0.2, 0) is 10.0 Å². The van der Waals surface area contributed by atoms with E-state index in [1.807, 2.05) is 0 Å². The summed E-state index contributed by atoms with van der Waals surface area (Å²) < 4.78 is 28.0. The molecule has 0 saturated carbocycles. The molecule has 0 aliphatic heterocycles. The fourth-order valence-corrected chi connectivity index (χ4v) is 4.01. The molecule has 0 aliphatic carbocycles. The highest BCUT2D eigenvalue weighted by Crippen LogP contribution is 2.25. The number of benzene rings is 3. The van der Waals surface area contributed by atoms with Gasteiger partial charge in [-0.2, -0.15) is 0 Å². The van der Waals surface area contributed by atoms with E-state index in [0.717, 1.165) is 6.07 Å². The summed E-state index contributed by atoms with van der Waals surface area (Å²) in [4.78, 5) is 23.9. The van der Waals surface area contributed by atoms with E-state index < -0.39 is 21.8 Å². The molecule has 10 heteroatoms. The second-order valence-electron chi connectivity index (χ2n) is 6.12. The number of anilines is 2. The summed E-state index contributed by atoms with van der Waals surface area (Å²) in [7, 11) is -4.13. The van der Waals surface area contributed by atoms with Crippen molar-refractivity contribution in [2.24, 2.45) is 5.73 Å². The molecule has 30 heavy (non-hydrogen) atoms. The number of rotatable bonds is 6. The molecule has 0 saturated heterocycles. The summed E-state index contributed by atoms with van der Waals surface area (Å²) in [6.07, 6.45) is 0. The average molecular weight is 464 g/mol. The third kappa shape index (κ3) is 4.91. The summed E-state index contributed by atoms with van der Waals surface area (Å²) in [6.45, 7) is 0. The smallest absolute Gasteiger partial charge is 0.261 e. The molecule has 0 fully saturated rings. The lowest BCUT2D eigenvalue weighted by Crippen LogP contribution is -2.19. The van der Waals surface area contributed by atoms with Crippen LogP contribution in [0.3, 0.4) is 0 Å². The minimum Gasteiger partial charge on any atom is -0.366 e. The molecular weight excluding hydrogens is 449 g/mol. The van der Waals surface area contributed by atoms with Gasteiger partial charge in [0.25, 0.3) is 15.9 Å². The molecule has 0 spiro atoms. The van der Waals surface area contributed by atoms with Crippen molar-refractivity contribution < 1.29 is 18.0 Å². The van der Waals surface area contributed by atoms with E-state index in [1.165, 1.54) is 24.3 Å². The number of hydrogen-bond donors (Lipinski definition) is 3. The number of carbonyl (C=O) groups is 2. The summed E-state index contributed by atoms with van der Waals surface area (Å²) in [5.74, 6) is -1.38. The molecule has 154 valence electrons. The third-order valence-electron chi connectivity index (χ3n) is 4.03. The monoisotopic (exact) mass is 463 g/mol. The number of sulfonamides is 1. The first-order valence-electron chi connectivity index (χ1n) is 8.45. The maximum Gasteiger partial charge on any atom is 0.261 e. The van der Waals surface area contributed by atoms with Crippen LogP contribution in [0.2, 0.25) is 10.0 Å². The van der Waals surface area contributed by atoms with E-state index in [1.54, 1.807) is 36.4 Å². The molecular formula is C20H15Cl2N3O4S. The maximum atomic E-state index is 12.8. The van der Waals surface area contributed by atoms with Crippen LogP contribution >= 0.6 is 23.2 Å². The molecule has 2 amide bonds. The van der Waals surface area contributed by atoms with Gasteiger partial charge in [0, 0.05) is 10.7 Å². The molecule has 3 aromatic rings. The van der Waals surface area contributed by atoms with Crippen molar-refractivity contribution in [1.29, 1.82) is 0 Å². The standard InChI is InChI=1S/C20H15Cl2N3O4S/c21-12-5-7-13(8-6-12)24-20(27)15-3-1-2-4-18(15)25-30(28,29)14-9-10-17(22)16(11-14)19(23)26/h1-11,25H,(H2,23,26)(H,24,27). The predicted molar refractivity (Wildman–Crippen MR) is 117 cm³/mol. The molecule has 0 unspecified atom stereocenters. The summed E-state index contributed by atoms with van der Waals surface area (Å²) in [5, 5.41) is 3.22. The first-order valence-corrected chi connectivity index (χ1v) is 10.7. The first-order chi connectivity index (χ1) is 14.2. The highest BCUT2D eigenvalue weighted by Gasteiger charge is 2.21. The average Bonchev–Trinajstić information content (AvgIpc) is 2.69. The van der Waals surface area contributed by atoms with E-state index in [2.05, 4.69) is 10.0 Å². The van der Waals surface area contributed by atoms with Gasteiger partial charge in [0.2, 0.25) is 5.91 Å². The van der Waals surface area contributed by atoms with Gasteiger partial charge in [-0.15, -0.1) is 0 Å². The predicted octanol–water partition coefficient (Wildman–Crippen LogP) is 4.15. The SMILES string of the molecule is NC(=O)c1cc(S(=O)(=O)Nc2ccccc2C(=O)Nc2ccc(Cl)cc2)ccc1Cl. The van der Waals surface area contributed by atoms with Crippen molar-refractivity contribution >= 4 is 56.4 Å². The number of carbonyl (C=O) groups excluding carboxylic acids is 2. The minimum absolute atomic E-state index is 0.0317. The zero-order chi connectivity index (χ0) is 21.9. The Bertz CT molecular complexity index is 1230. The van der Waals surface area contributed by atoms with Gasteiger partial charge < -0.3 is 11.1 Å². The Balaban J connectivity index is 1.90. The normalized spacial score (nSPS) is 11.0. The summed E-state index contributed by atoms with van der Waals surface area (Å²) in [6, 6.07) is 16.1. The molecule has 4 N–H and O–H groups in total. The van der Waals surface area contributed by atoms with Crippen LogP contribution in [0.1, 0.15) is 20.7 Å². The van der Waals surface area contributed by atoms with E-state index in [9.17, 15) is 18.0 Å². The van der Waals surface area contributed by atoms with Crippen molar-refractivity contribution in [3.63, 3.8) is 0 Å². The van der Waals surface area contributed by atoms with Gasteiger partial charge in [-0.3, -0.25) is 14.3 Å². The fourth-order valence-electron chi connectivity index (χ4n) is 2.57. The second kappa shape index (κ2) is 8.74. The first kappa shape index (κ1) is 21.6. The van der Waals surface area contributed by atoms with Crippen LogP contribution in [0, 0.1) is 0 Å². The largest absolute Gasteiger partial charge is 0.366 e.